The van der Waals surface area contributed by atoms with Crippen LogP contribution >= 0.6 is 11.3 Å². The summed E-state index contributed by atoms with van der Waals surface area (Å²) in [5, 5.41) is 19.5. The number of phenols is 1. The number of nitrogens with zero attached hydrogens (tertiary/aromatic N) is 2. The number of para-hydroxylation sites is 1. The average Bonchev–Trinajstić information content (AvgIpc) is 3.68. The molecule has 12 heteroatoms. The second-order valence-corrected chi connectivity index (χ2v) is 11.8. The van der Waals surface area contributed by atoms with Crippen LogP contribution in [0, 0.1) is 6.92 Å². The maximum Gasteiger partial charge on any atom is 0.416 e. The number of nitrogens with one attached hydrogen (secondary N) is 2. The summed E-state index contributed by atoms with van der Waals surface area (Å²) in [6.45, 7) is 4.54. The first-order chi connectivity index (χ1) is 21.5. The van der Waals surface area contributed by atoms with Crippen molar-refractivity contribution in [3.8, 4) is 5.75 Å². The van der Waals surface area contributed by atoms with Crippen LogP contribution in [-0.2, 0) is 17.5 Å². The van der Waals surface area contributed by atoms with Gasteiger partial charge in [-0.1, -0.05) is 42.5 Å². The second kappa shape index (κ2) is 13.8. The van der Waals surface area contributed by atoms with E-state index in [0.29, 0.717) is 23.3 Å². The summed E-state index contributed by atoms with van der Waals surface area (Å²) >= 11 is 1.47. The molecule has 0 spiro atoms. The summed E-state index contributed by atoms with van der Waals surface area (Å²) in [5.74, 6) is -1.09. The van der Waals surface area contributed by atoms with Crippen LogP contribution in [-0.4, -0.2) is 52.7 Å². The predicted molar refractivity (Wildman–Crippen MR) is 164 cm³/mol. The summed E-state index contributed by atoms with van der Waals surface area (Å²) in [5.41, 5.74) is 1.78. The van der Waals surface area contributed by atoms with Crippen LogP contribution in [0.4, 0.5) is 13.2 Å². The molecule has 3 atom stereocenters. The molecular weight excluding hydrogens is 605 g/mol. The van der Waals surface area contributed by atoms with Gasteiger partial charge in [-0.25, -0.2) is 4.98 Å². The van der Waals surface area contributed by atoms with Gasteiger partial charge in [-0.2, -0.15) is 13.2 Å². The third-order valence-corrected chi connectivity index (χ3v) is 8.75. The highest BCUT2D eigenvalue weighted by Gasteiger charge is 2.34. The molecule has 236 valence electrons. The smallest absolute Gasteiger partial charge is 0.416 e. The van der Waals surface area contributed by atoms with E-state index in [1.165, 1.54) is 23.5 Å². The van der Waals surface area contributed by atoms with Gasteiger partial charge in [-0.15, -0.1) is 11.3 Å². The van der Waals surface area contributed by atoms with Crippen LogP contribution in [0.15, 0.2) is 78.2 Å². The number of aromatic hydroxyl groups is 1. The van der Waals surface area contributed by atoms with Crippen molar-refractivity contribution >= 4 is 23.2 Å². The molecule has 8 nitrogen and oxygen atoms in total. The first kappa shape index (κ1) is 32.1. The van der Waals surface area contributed by atoms with E-state index in [4.69, 9.17) is 4.74 Å². The van der Waals surface area contributed by atoms with Gasteiger partial charge < -0.3 is 25.4 Å². The maximum absolute atomic E-state index is 13.5. The molecule has 3 N–H and O–H groups in total. The number of thiazole rings is 1. The number of benzene rings is 3. The lowest BCUT2D eigenvalue weighted by molar-refractivity contribution is -0.137. The van der Waals surface area contributed by atoms with Crippen molar-refractivity contribution in [3.05, 3.63) is 117 Å². The molecule has 5 rings (SSSR count). The molecule has 0 radical (unpaired) electrons. The van der Waals surface area contributed by atoms with Crippen molar-refractivity contribution in [3.63, 3.8) is 0 Å². The summed E-state index contributed by atoms with van der Waals surface area (Å²) in [7, 11) is 0. The minimum atomic E-state index is -4.44. The van der Waals surface area contributed by atoms with Crippen LogP contribution in [0.2, 0.25) is 0 Å². The molecule has 2 amide bonds. The van der Waals surface area contributed by atoms with Gasteiger partial charge in [0.05, 0.1) is 12.2 Å². The Morgan fingerprint density at radius 1 is 1.09 bits per heavy atom. The van der Waals surface area contributed by atoms with Gasteiger partial charge in [0.1, 0.15) is 23.5 Å². The molecule has 45 heavy (non-hydrogen) atoms. The highest BCUT2D eigenvalue weighted by atomic mass is 32.1. The van der Waals surface area contributed by atoms with Gasteiger partial charge in [-0.3, -0.25) is 9.59 Å². The molecule has 1 aliphatic heterocycles. The molecule has 1 fully saturated rings. The van der Waals surface area contributed by atoms with Crippen LogP contribution in [0.3, 0.4) is 0 Å². The number of alkyl halides is 3. The minimum Gasteiger partial charge on any atom is -0.508 e. The Morgan fingerprint density at radius 2 is 1.84 bits per heavy atom. The van der Waals surface area contributed by atoms with E-state index in [1.54, 1.807) is 60.4 Å². The number of aromatic nitrogens is 1. The monoisotopic (exact) mass is 638 g/mol. The molecule has 0 unspecified atom stereocenters. The Morgan fingerprint density at radius 3 is 2.58 bits per heavy atom. The van der Waals surface area contributed by atoms with Crippen molar-refractivity contribution < 1.29 is 32.6 Å². The highest BCUT2D eigenvalue weighted by molar-refractivity contribution is 7.09. The normalized spacial score (nSPS) is 16.4. The Bertz CT molecular complexity index is 1660. The van der Waals surface area contributed by atoms with Gasteiger partial charge in [0.2, 0.25) is 0 Å². The number of phenolic OH excluding ortho intramolecular Hbond substituents is 1. The Balaban J connectivity index is 1.28. The SMILES string of the molecule is Cc1csc([C@H]2COCN2C(=O)c2cccc(C(=O)N[C@@H](C)[C@@H](CNCc3cccc(C(F)(F)F)c3)c3ccccc3O)c2)n1. The number of amides is 2. The van der Waals surface area contributed by atoms with Crippen molar-refractivity contribution in [1.82, 2.24) is 20.5 Å². The van der Waals surface area contributed by atoms with E-state index >= 15 is 0 Å². The van der Waals surface area contributed by atoms with E-state index in [0.717, 1.165) is 22.8 Å². The lowest BCUT2D eigenvalue weighted by atomic mass is 9.91. The zero-order valence-corrected chi connectivity index (χ0v) is 25.5. The highest BCUT2D eigenvalue weighted by Crippen LogP contribution is 2.32. The molecule has 3 aromatic carbocycles. The van der Waals surface area contributed by atoms with Crippen molar-refractivity contribution in [2.75, 3.05) is 19.9 Å². The van der Waals surface area contributed by atoms with Gasteiger partial charge in [0.25, 0.3) is 11.8 Å². The van der Waals surface area contributed by atoms with Crippen LogP contribution in [0.1, 0.15) is 67.0 Å². The second-order valence-electron chi connectivity index (χ2n) is 11.0. The lowest BCUT2D eigenvalue weighted by Crippen LogP contribution is -2.41. The van der Waals surface area contributed by atoms with Gasteiger partial charge in [0, 0.05) is 52.8 Å². The van der Waals surface area contributed by atoms with E-state index in [-0.39, 0.29) is 43.1 Å². The fourth-order valence-electron chi connectivity index (χ4n) is 5.31. The fraction of sp³-hybridized carbons (Fsp3) is 0.303. The number of ether oxygens (including phenoxy) is 1. The number of carbonyl (C=O) groups excluding carboxylic acids is 2. The van der Waals surface area contributed by atoms with Gasteiger partial charge in [0.15, 0.2) is 0 Å². The van der Waals surface area contributed by atoms with Gasteiger partial charge in [-0.05, 0) is 49.7 Å². The molecule has 1 aliphatic rings. The number of hydrogen-bond donors (Lipinski definition) is 3. The van der Waals surface area contributed by atoms with E-state index in [2.05, 4.69) is 15.6 Å². The summed E-state index contributed by atoms with van der Waals surface area (Å²) < 4.78 is 45.1. The average molecular weight is 639 g/mol. The maximum atomic E-state index is 13.5. The standard InChI is InChI=1S/C33H33F3N4O4S/c1-20-18-45-31(38-20)28-17-44-19-40(28)32(43)24-9-6-8-23(14-24)30(42)39-21(2)27(26-11-3-4-12-29(26)41)16-37-15-22-7-5-10-25(13-22)33(34,35)36/h3-14,18,21,27-28,37,41H,15-17,19H2,1-2H3,(H,39,42)/t21-,27+,28+/m0/s1. The predicted octanol–water partition coefficient (Wildman–Crippen LogP) is 6.04. The molecule has 0 saturated carbocycles. The number of carbonyl (C=O) groups is 2. The van der Waals surface area contributed by atoms with Crippen LogP contribution in [0.25, 0.3) is 0 Å². The number of hydrogen-bond acceptors (Lipinski definition) is 7. The van der Waals surface area contributed by atoms with Crippen molar-refractivity contribution in [2.45, 2.75) is 44.6 Å². The van der Waals surface area contributed by atoms with Crippen LogP contribution in [0.5, 0.6) is 5.75 Å². The van der Waals surface area contributed by atoms with Crippen LogP contribution < -0.4 is 10.6 Å². The summed E-state index contributed by atoms with van der Waals surface area (Å²) in [6.07, 6.45) is -4.44. The molecule has 1 aromatic heterocycles. The van der Waals surface area contributed by atoms with E-state index in [9.17, 15) is 27.9 Å². The topological polar surface area (TPSA) is 104 Å². The van der Waals surface area contributed by atoms with E-state index < -0.39 is 29.6 Å². The summed E-state index contributed by atoms with van der Waals surface area (Å²) in [6, 6.07) is 17.4. The molecule has 1 saturated heterocycles. The van der Waals surface area contributed by atoms with Crippen molar-refractivity contribution in [2.24, 2.45) is 0 Å². The molecule has 2 heterocycles. The fourth-order valence-corrected chi connectivity index (χ4v) is 6.20. The van der Waals surface area contributed by atoms with Crippen molar-refractivity contribution in [1.29, 1.82) is 0 Å². The molecule has 0 aliphatic carbocycles. The Kier molecular flexibility index (Phi) is 9.86. The van der Waals surface area contributed by atoms with E-state index in [1.807, 2.05) is 12.3 Å². The number of aryl methyl sites for hydroxylation is 1. The Labute approximate surface area is 262 Å². The first-order valence-corrected chi connectivity index (χ1v) is 15.3. The lowest BCUT2D eigenvalue weighted by Gasteiger charge is -2.27. The Hall–Kier alpha value is -4.26. The first-order valence-electron chi connectivity index (χ1n) is 14.4. The summed E-state index contributed by atoms with van der Waals surface area (Å²) in [4.78, 5) is 33.0. The quantitative estimate of drug-likeness (QED) is 0.196. The zero-order valence-electron chi connectivity index (χ0n) is 24.7. The minimum absolute atomic E-state index is 0.0369. The molecule has 0 bridgehead atoms. The third-order valence-electron chi connectivity index (χ3n) is 7.68. The molecule has 4 aromatic rings. The zero-order chi connectivity index (χ0) is 32.1. The molecular formula is C33H33F3N4O4S. The van der Waals surface area contributed by atoms with Gasteiger partial charge >= 0.3 is 6.18 Å². The number of rotatable bonds is 10. The third kappa shape index (κ3) is 7.70. The number of halogens is 3. The largest absolute Gasteiger partial charge is 0.508 e.